The molecule has 2 fully saturated rings. The van der Waals surface area contributed by atoms with Gasteiger partial charge in [-0.2, -0.15) is 0 Å². The van der Waals surface area contributed by atoms with E-state index in [1.54, 1.807) is 4.90 Å². The quantitative estimate of drug-likeness (QED) is 0.644. The number of urea groups is 1. The van der Waals surface area contributed by atoms with Crippen LogP contribution in [-0.4, -0.2) is 71.0 Å². The summed E-state index contributed by atoms with van der Waals surface area (Å²) in [6, 6.07) is 7.26. The third-order valence-corrected chi connectivity index (χ3v) is 6.78. The van der Waals surface area contributed by atoms with Crippen LogP contribution in [0.15, 0.2) is 24.3 Å². The van der Waals surface area contributed by atoms with Crippen LogP contribution < -0.4 is 15.5 Å². The van der Waals surface area contributed by atoms with Crippen molar-refractivity contribution in [2.75, 3.05) is 36.4 Å². The summed E-state index contributed by atoms with van der Waals surface area (Å²) in [6.45, 7) is 10.6. The number of anilines is 2. The lowest BCUT2D eigenvalue weighted by Crippen LogP contribution is -2.45. The number of hydrogen-bond donors (Lipinski definition) is 2. The number of carbonyl (C=O) groups is 2. The number of benzene rings is 1. The summed E-state index contributed by atoms with van der Waals surface area (Å²) in [5, 5.41) is 5.54. The highest BCUT2D eigenvalue weighted by Gasteiger charge is 2.37. The molecule has 2 bridgehead atoms. The topological polar surface area (TPSA) is 109 Å². The van der Waals surface area contributed by atoms with Crippen LogP contribution in [0.5, 0.6) is 0 Å². The van der Waals surface area contributed by atoms with Gasteiger partial charge in [0.25, 0.3) is 0 Å². The van der Waals surface area contributed by atoms with Gasteiger partial charge < -0.3 is 29.9 Å². The second-order valence-electron chi connectivity index (χ2n) is 10.9. The number of aromatic nitrogens is 2. The van der Waals surface area contributed by atoms with Crippen molar-refractivity contribution in [1.29, 1.82) is 0 Å². The van der Waals surface area contributed by atoms with Crippen molar-refractivity contribution in [3.63, 3.8) is 0 Å². The maximum atomic E-state index is 12.8. The summed E-state index contributed by atoms with van der Waals surface area (Å²) in [6.07, 6.45) is 2.96. The molecule has 2 aromatic rings. The molecule has 0 aliphatic carbocycles. The van der Waals surface area contributed by atoms with Gasteiger partial charge in [0, 0.05) is 43.0 Å². The second kappa shape index (κ2) is 10.2. The highest BCUT2D eigenvalue weighted by Crippen LogP contribution is 2.35. The van der Waals surface area contributed by atoms with Gasteiger partial charge in [0.05, 0.1) is 24.4 Å². The van der Waals surface area contributed by atoms with Crippen molar-refractivity contribution < 1.29 is 19.1 Å². The first-order valence-electron chi connectivity index (χ1n) is 13.1. The van der Waals surface area contributed by atoms with E-state index in [1.807, 2.05) is 52.0 Å². The highest BCUT2D eigenvalue weighted by atomic mass is 16.6. The molecule has 10 heteroatoms. The number of rotatable bonds is 4. The van der Waals surface area contributed by atoms with E-state index in [0.717, 1.165) is 48.6 Å². The monoisotopic (exact) mass is 508 g/mol. The summed E-state index contributed by atoms with van der Waals surface area (Å²) in [7, 11) is 0. The molecule has 37 heavy (non-hydrogen) atoms. The summed E-state index contributed by atoms with van der Waals surface area (Å²) >= 11 is 0. The van der Waals surface area contributed by atoms with E-state index in [1.165, 1.54) is 0 Å². The Morgan fingerprint density at radius 2 is 1.81 bits per heavy atom. The number of hydrogen-bond acceptors (Lipinski definition) is 7. The van der Waals surface area contributed by atoms with Crippen molar-refractivity contribution >= 4 is 23.6 Å². The standard InChI is InChI=1S/C27H36N6O4/c1-5-28-25(34)29-18-8-6-17(7-9-18)23-30-22-16-32(26(35)37-27(2,3)4)13-12-21(22)24(31-23)33-14-19-10-11-20(15-33)36-19/h6-9,19-20H,5,10-16H2,1-4H3,(H2,28,29,34)/t19-,20+. The summed E-state index contributed by atoms with van der Waals surface area (Å²) in [5.41, 5.74) is 2.92. The minimum atomic E-state index is -0.559. The fraction of sp³-hybridized carbons (Fsp3) is 0.556. The molecule has 2 saturated heterocycles. The average molecular weight is 509 g/mol. The summed E-state index contributed by atoms with van der Waals surface area (Å²) in [4.78, 5) is 38.7. The Balaban J connectivity index is 1.46. The fourth-order valence-electron chi connectivity index (χ4n) is 5.11. The zero-order chi connectivity index (χ0) is 26.2. The molecule has 2 N–H and O–H groups in total. The molecule has 5 rings (SSSR count). The Morgan fingerprint density at radius 3 is 2.46 bits per heavy atom. The van der Waals surface area contributed by atoms with Crippen LogP contribution in [0.25, 0.3) is 11.4 Å². The first kappa shape index (κ1) is 25.3. The molecule has 198 valence electrons. The second-order valence-corrected chi connectivity index (χ2v) is 10.9. The van der Waals surface area contributed by atoms with Gasteiger partial charge in [-0.1, -0.05) is 0 Å². The first-order valence-corrected chi connectivity index (χ1v) is 13.1. The Morgan fingerprint density at radius 1 is 1.11 bits per heavy atom. The maximum Gasteiger partial charge on any atom is 0.410 e. The molecule has 2 atom stereocenters. The average Bonchev–Trinajstić information content (AvgIpc) is 3.19. The minimum absolute atomic E-state index is 0.231. The number of amides is 3. The normalized spacial score (nSPS) is 20.9. The van der Waals surface area contributed by atoms with Gasteiger partial charge in [0.15, 0.2) is 5.82 Å². The van der Waals surface area contributed by atoms with E-state index in [0.29, 0.717) is 37.6 Å². The zero-order valence-electron chi connectivity index (χ0n) is 22.0. The van der Waals surface area contributed by atoms with E-state index < -0.39 is 5.60 Å². The van der Waals surface area contributed by atoms with E-state index in [9.17, 15) is 9.59 Å². The van der Waals surface area contributed by atoms with Crippen molar-refractivity contribution in [2.24, 2.45) is 0 Å². The number of ether oxygens (including phenoxy) is 2. The van der Waals surface area contributed by atoms with Gasteiger partial charge in [-0.25, -0.2) is 19.6 Å². The van der Waals surface area contributed by atoms with Crippen LogP contribution in [0.2, 0.25) is 0 Å². The Labute approximate surface area is 217 Å². The lowest BCUT2D eigenvalue weighted by Gasteiger charge is -2.37. The molecule has 4 heterocycles. The van der Waals surface area contributed by atoms with Crippen LogP contribution in [-0.2, 0) is 22.4 Å². The van der Waals surface area contributed by atoms with Crippen LogP contribution in [0.4, 0.5) is 21.1 Å². The van der Waals surface area contributed by atoms with Crippen LogP contribution in [0.3, 0.4) is 0 Å². The van der Waals surface area contributed by atoms with Gasteiger partial charge in [-0.05, 0) is 71.2 Å². The number of fused-ring (bicyclic) bond motifs is 3. The molecule has 0 radical (unpaired) electrons. The zero-order valence-corrected chi connectivity index (χ0v) is 22.0. The lowest BCUT2D eigenvalue weighted by molar-refractivity contribution is 0.0220. The lowest BCUT2D eigenvalue weighted by atomic mass is 10.0. The minimum Gasteiger partial charge on any atom is -0.444 e. The Kier molecular flexibility index (Phi) is 6.94. The van der Waals surface area contributed by atoms with E-state index in [2.05, 4.69) is 15.5 Å². The smallest absolute Gasteiger partial charge is 0.410 e. The predicted octanol–water partition coefficient (Wildman–Crippen LogP) is 3.95. The summed E-state index contributed by atoms with van der Waals surface area (Å²) < 4.78 is 11.7. The molecule has 0 spiro atoms. The number of nitrogens with one attached hydrogen (secondary N) is 2. The molecule has 1 aromatic carbocycles. The SMILES string of the molecule is CCNC(=O)Nc1ccc(-c2nc3c(c(N4C[C@H]5CC[C@@H](C4)O5)n2)CCN(C(=O)OC(C)(C)C)C3)cc1. The van der Waals surface area contributed by atoms with Crippen LogP contribution in [0.1, 0.15) is 51.8 Å². The maximum absolute atomic E-state index is 12.8. The van der Waals surface area contributed by atoms with Crippen molar-refractivity contribution in [1.82, 2.24) is 20.2 Å². The molecule has 3 aliphatic heterocycles. The fourth-order valence-corrected chi connectivity index (χ4v) is 5.11. The Hall–Kier alpha value is -3.40. The van der Waals surface area contributed by atoms with Gasteiger partial charge >= 0.3 is 12.1 Å². The Bertz CT molecular complexity index is 1150. The van der Waals surface area contributed by atoms with Gasteiger partial charge in [0.1, 0.15) is 11.4 Å². The van der Waals surface area contributed by atoms with Crippen molar-refractivity contribution in [3.05, 3.63) is 35.5 Å². The van der Waals surface area contributed by atoms with Gasteiger partial charge in [0.2, 0.25) is 0 Å². The number of morpholine rings is 1. The molecule has 0 unspecified atom stereocenters. The largest absolute Gasteiger partial charge is 0.444 e. The van der Waals surface area contributed by atoms with E-state index in [-0.39, 0.29) is 24.3 Å². The number of nitrogens with zero attached hydrogens (tertiary/aromatic N) is 4. The van der Waals surface area contributed by atoms with E-state index in [4.69, 9.17) is 19.4 Å². The third kappa shape index (κ3) is 5.79. The predicted molar refractivity (Wildman–Crippen MR) is 141 cm³/mol. The van der Waals surface area contributed by atoms with Gasteiger partial charge in [-0.15, -0.1) is 0 Å². The molecular formula is C27H36N6O4. The molecule has 3 amide bonds. The molecule has 1 aromatic heterocycles. The first-order chi connectivity index (χ1) is 17.7. The number of carbonyl (C=O) groups excluding carboxylic acids is 2. The van der Waals surface area contributed by atoms with Crippen LogP contribution in [0, 0.1) is 0 Å². The van der Waals surface area contributed by atoms with Gasteiger partial charge in [-0.3, -0.25) is 0 Å². The highest BCUT2D eigenvalue weighted by molar-refractivity contribution is 5.89. The van der Waals surface area contributed by atoms with Crippen LogP contribution >= 0.6 is 0 Å². The molecular weight excluding hydrogens is 472 g/mol. The summed E-state index contributed by atoms with van der Waals surface area (Å²) in [5.74, 6) is 1.54. The van der Waals surface area contributed by atoms with Crippen molar-refractivity contribution in [2.45, 2.75) is 71.3 Å². The molecule has 3 aliphatic rings. The third-order valence-electron chi connectivity index (χ3n) is 6.78. The van der Waals surface area contributed by atoms with Crippen molar-refractivity contribution in [3.8, 4) is 11.4 Å². The van der Waals surface area contributed by atoms with E-state index >= 15 is 0 Å². The molecule has 10 nitrogen and oxygen atoms in total. The molecule has 0 saturated carbocycles.